The Kier molecular flexibility index (Phi) is 4.97. The Morgan fingerprint density at radius 1 is 1.23 bits per heavy atom. The molecule has 0 atom stereocenters. The van der Waals surface area contributed by atoms with Gasteiger partial charge in [0, 0.05) is 17.7 Å². The van der Waals surface area contributed by atoms with Crippen molar-refractivity contribution in [3.63, 3.8) is 0 Å². The minimum atomic E-state index is -0.490. The Labute approximate surface area is 158 Å². The summed E-state index contributed by atoms with van der Waals surface area (Å²) in [4.78, 5) is 36.4. The van der Waals surface area contributed by atoms with Crippen LogP contribution in [-0.4, -0.2) is 20.9 Å². The van der Waals surface area contributed by atoms with E-state index in [0.29, 0.717) is 26.0 Å². The van der Waals surface area contributed by atoms with E-state index in [1.807, 2.05) is 0 Å². The van der Waals surface area contributed by atoms with Gasteiger partial charge in [0.05, 0.1) is 15.5 Å². The van der Waals surface area contributed by atoms with Gasteiger partial charge in [-0.25, -0.2) is 0 Å². The predicted molar refractivity (Wildman–Crippen MR) is 105 cm³/mol. The average molecular weight is 384 g/mol. The maximum Gasteiger partial charge on any atom is 0.270 e. The van der Waals surface area contributed by atoms with Crippen LogP contribution in [0.1, 0.15) is 22.8 Å². The Balaban J connectivity index is 1.94. The summed E-state index contributed by atoms with van der Waals surface area (Å²) in [7, 11) is 0. The number of carbonyl (C=O) groups is 2. The largest absolute Gasteiger partial charge is 0.295 e. The van der Waals surface area contributed by atoms with Crippen molar-refractivity contribution >= 4 is 57.4 Å². The highest BCUT2D eigenvalue weighted by Crippen LogP contribution is 2.36. The van der Waals surface area contributed by atoms with Gasteiger partial charge in [0.2, 0.25) is 0 Å². The lowest BCUT2D eigenvalue weighted by molar-refractivity contribution is -0.384. The number of amides is 1. The fourth-order valence-corrected chi connectivity index (χ4v) is 3.73. The molecule has 1 saturated heterocycles. The van der Waals surface area contributed by atoms with E-state index in [0.717, 1.165) is 11.8 Å². The first kappa shape index (κ1) is 18.0. The molecule has 0 aromatic heterocycles. The summed E-state index contributed by atoms with van der Waals surface area (Å²) >= 11 is 6.42. The van der Waals surface area contributed by atoms with E-state index >= 15 is 0 Å². The maximum atomic E-state index is 12.8. The Morgan fingerprint density at radius 3 is 2.65 bits per heavy atom. The molecule has 1 amide bonds. The third-order valence-electron chi connectivity index (χ3n) is 3.68. The van der Waals surface area contributed by atoms with Crippen LogP contribution in [0.15, 0.2) is 53.4 Å². The number of non-ortho nitro benzene ring substituents is 1. The van der Waals surface area contributed by atoms with Crippen LogP contribution < -0.4 is 4.90 Å². The zero-order valence-electron chi connectivity index (χ0n) is 13.5. The molecule has 0 N–H and O–H groups in total. The van der Waals surface area contributed by atoms with Gasteiger partial charge in [-0.1, -0.05) is 48.2 Å². The quantitative estimate of drug-likeness (QED) is 0.258. The Morgan fingerprint density at radius 2 is 1.96 bits per heavy atom. The second kappa shape index (κ2) is 7.19. The van der Waals surface area contributed by atoms with Crippen LogP contribution in [0.25, 0.3) is 6.08 Å². The summed E-state index contributed by atoms with van der Waals surface area (Å²) in [5, 5.41) is 10.9. The van der Waals surface area contributed by atoms with Gasteiger partial charge in [-0.15, -0.1) is 0 Å². The van der Waals surface area contributed by atoms with Crippen LogP contribution in [0.3, 0.4) is 0 Å². The number of thioether (sulfide) groups is 1. The summed E-state index contributed by atoms with van der Waals surface area (Å²) in [6, 6.07) is 12.7. The molecule has 8 heteroatoms. The third-order valence-corrected chi connectivity index (χ3v) is 4.99. The SMILES string of the molecule is CC(=O)c1cccc(N2C(=O)C(=Cc3cccc([N+](=O)[O-])c3)SC2=S)c1. The molecule has 0 bridgehead atoms. The number of hydrogen-bond donors (Lipinski definition) is 0. The highest BCUT2D eigenvalue weighted by molar-refractivity contribution is 8.27. The van der Waals surface area contributed by atoms with E-state index in [1.165, 1.54) is 24.0 Å². The van der Waals surface area contributed by atoms with Crippen molar-refractivity contribution in [2.45, 2.75) is 6.92 Å². The second-order valence-corrected chi connectivity index (χ2v) is 7.15. The zero-order chi connectivity index (χ0) is 18.8. The number of nitrogens with zero attached hydrogens (tertiary/aromatic N) is 2. The first-order chi connectivity index (χ1) is 12.4. The molecular weight excluding hydrogens is 372 g/mol. The fourth-order valence-electron chi connectivity index (χ4n) is 2.43. The molecular formula is C18H12N2O4S2. The van der Waals surface area contributed by atoms with Gasteiger partial charge < -0.3 is 0 Å². The van der Waals surface area contributed by atoms with Crippen molar-refractivity contribution in [3.8, 4) is 0 Å². The number of Topliss-reactive ketones (excluding diaryl/α,β-unsaturated/α-hetero) is 1. The summed E-state index contributed by atoms with van der Waals surface area (Å²) in [5.41, 5.74) is 1.49. The minimum absolute atomic E-state index is 0.0524. The molecule has 6 nitrogen and oxygen atoms in total. The number of hydrogen-bond acceptors (Lipinski definition) is 6. The molecule has 1 aliphatic rings. The molecule has 3 rings (SSSR count). The maximum absolute atomic E-state index is 12.8. The standard InChI is InChI=1S/C18H12N2O4S2/c1-11(21)13-5-3-6-14(10-13)19-17(22)16(26-18(19)25)9-12-4-2-7-15(8-12)20(23)24/h2-10H,1H3. The molecule has 0 spiro atoms. The van der Waals surface area contributed by atoms with Crippen LogP contribution in [0, 0.1) is 10.1 Å². The molecule has 2 aromatic rings. The molecule has 2 aromatic carbocycles. The lowest BCUT2D eigenvalue weighted by atomic mass is 10.1. The number of rotatable bonds is 4. The van der Waals surface area contributed by atoms with E-state index in [9.17, 15) is 19.7 Å². The molecule has 0 radical (unpaired) electrons. The van der Waals surface area contributed by atoms with Crippen molar-refractivity contribution in [2.75, 3.05) is 4.90 Å². The molecule has 130 valence electrons. The van der Waals surface area contributed by atoms with Gasteiger partial charge in [0.1, 0.15) is 0 Å². The molecule has 1 aliphatic heterocycles. The van der Waals surface area contributed by atoms with E-state index in [2.05, 4.69) is 0 Å². The van der Waals surface area contributed by atoms with E-state index < -0.39 is 4.92 Å². The number of benzene rings is 2. The van der Waals surface area contributed by atoms with Crippen molar-refractivity contribution in [2.24, 2.45) is 0 Å². The first-order valence-electron chi connectivity index (χ1n) is 7.50. The molecule has 0 aliphatic carbocycles. The summed E-state index contributed by atoms with van der Waals surface area (Å²) in [6.45, 7) is 1.45. The number of nitro benzene ring substituents is 1. The average Bonchev–Trinajstić information content (AvgIpc) is 2.88. The first-order valence-corrected chi connectivity index (χ1v) is 8.73. The molecule has 0 unspecified atom stereocenters. The number of nitro groups is 1. The lowest BCUT2D eigenvalue weighted by Crippen LogP contribution is -2.27. The van der Waals surface area contributed by atoms with Crippen molar-refractivity contribution < 1.29 is 14.5 Å². The van der Waals surface area contributed by atoms with Gasteiger partial charge in [0.25, 0.3) is 11.6 Å². The summed E-state index contributed by atoms with van der Waals surface area (Å²) in [5.74, 6) is -0.434. The molecule has 26 heavy (non-hydrogen) atoms. The molecule has 1 fully saturated rings. The highest BCUT2D eigenvalue weighted by Gasteiger charge is 2.33. The fraction of sp³-hybridized carbons (Fsp3) is 0.0556. The predicted octanol–water partition coefficient (Wildman–Crippen LogP) is 4.20. The van der Waals surface area contributed by atoms with E-state index in [4.69, 9.17) is 12.2 Å². The lowest BCUT2D eigenvalue weighted by Gasteiger charge is -2.15. The number of ketones is 1. The number of thiocarbonyl (C=S) groups is 1. The minimum Gasteiger partial charge on any atom is -0.295 e. The third kappa shape index (κ3) is 3.56. The van der Waals surface area contributed by atoms with Crippen molar-refractivity contribution in [1.29, 1.82) is 0 Å². The van der Waals surface area contributed by atoms with Crippen molar-refractivity contribution in [3.05, 3.63) is 74.7 Å². The number of anilines is 1. The van der Waals surface area contributed by atoms with Gasteiger partial charge in [-0.05, 0) is 30.7 Å². The van der Waals surface area contributed by atoms with Crippen LogP contribution >= 0.6 is 24.0 Å². The number of carbonyl (C=O) groups excluding carboxylic acids is 2. The van der Waals surface area contributed by atoms with E-state index in [-0.39, 0.29) is 17.4 Å². The van der Waals surface area contributed by atoms with Gasteiger partial charge in [-0.2, -0.15) is 0 Å². The Bertz CT molecular complexity index is 985. The zero-order valence-corrected chi connectivity index (χ0v) is 15.2. The normalized spacial score (nSPS) is 15.6. The van der Waals surface area contributed by atoms with E-state index in [1.54, 1.807) is 42.5 Å². The second-order valence-electron chi connectivity index (χ2n) is 5.48. The van der Waals surface area contributed by atoms with Gasteiger partial charge in [0.15, 0.2) is 10.1 Å². The van der Waals surface area contributed by atoms with Crippen LogP contribution in [0.5, 0.6) is 0 Å². The van der Waals surface area contributed by atoms with Crippen LogP contribution in [-0.2, 0) is 4.79 Å². The molecule has 1 heterocycles. The van der Waals surface area contributed by atoms with Gasteiger partial charge in [-0.3, -0.25) is 24.6 Å². The highest BCUT2D eigenvalue weighted by atomic mass is 32.2. The smallest absolute Gasteiger partial charge is 0.270 e. The topological polar surface area (TPSA) is 80.5 Å². The molecule has 0 saturated carbocycles. The Hall–Kier alpha value is -2.84. The van der Waals surface area contributed by atoms with Crippen LogP contribution in [0.4, 0.5) is 11.4 Å². The van der Waals surface area contributed by atoms with Crippen LogP contribution in [0.2, 0.25) is 0 Å². The summed E-state index contributed by atoms with van der Waals surface area (Å²) in [6.07, 6.45) is 1.57. The monoisotopic (exact) mass is 384 g/mol. The van der Waals surface area contributed by atoms with Gasteiger partial charge >= 0.3 is 0 Å². The summed E-state index contributed by atoms with van der Waals surface area (Å²) < 4.78 is 0.340. The van der Waals surface area contributed by atoms with Crippen molar-refractivity contribution in [1.82, 2.24) is 0 Å².